The van der Waals surface area contributed by atoms with E-state index in [9.17, 15) is 13.2 Å². The summed E-state index contributed by atoms with van der Waals surface area (Å²) >= 11 is 0. The number of primary amides is 1. The van der Waals surface area contributed by atoms with Crippen molar-refractivity contribution in [1.82, 2.24) is 5.32 Å². The maximum Gasteiger partial charge on any atom is 0.338 e. The molecule has 0 unspecified atom stereocenters. The number of benzene rings is 1. The van der Waals surface area contributed by atoms with Crippen LogP contribution in [0.3, 0.4) is 0 Å². The third kappa shape index (κ3) is 2.95. The molecule has 2 N–H and O–H groups in total. The van der Waals surface area contributed by atoms with E-state index in [1.807, 2.05) is 0 Å². The standard InChI is InChI=1S/C9H11N2O3S/c1-2-15(13,14)8-5-3-7(4-6-8)11-9(10)12/h3-6H,2H2,1H3,(H2,10,12). The molecule has 0 atom stereocenters. The second-order valence-corrected chi connectivity index (χ2v) is 5.13. The lowest BCUT2D eigenvalue weighted by Crippen LogP contribution is -2.18. The zero-order chi connectivity index (χ0) is 11.5. The molecule has 0 bridgehead atoms. The van der Waals surface area contributed by atoms with Gasteiger partial charge in [-0.25, -0.2) is 13.2 Å². The van der Waals surface area contributed by atoms with Gasteiger partial charge in [0.15, 0.2) is 9.84 Å². The zero-order valence-electron chi connectivity index (χ0n) is 8.17. The van der Waals surface area contributed by atoms with Crippen LogP contribution < -0.4 is 11.1 Å². The predicted octanol–water partition coefficient (Wildman–Crippen LogP) is 0.795. The Morgan fingerprint density at radius 1 is 1.33 bits per heavy atom. The van der Waals surface area contributed by atoms with Crippen molar-refractivity contribution < 1.29 is 13.2 Å². The monoisotopic (exact) mass is 227 g/mol. The average molecular weight is 227 g/mol. The van der Waals surface area contributed by atoms with Crippen LogP contribution in [0.2, 0.25) is 0 Å². The summed E-state index contributed by atoms with van der Waals surface area (Å²) in [6.45, 7) is 1.57. The Bertz CT molecular complexity index is 451. The van der Waals surface area contributed by atoms with Crippen LogP contribution in [-0.4, -0.2) is 20.2 Å². The summed E-state index contributed by atoms with van der Waals surface area (Å²) in [6.07, 6.45) is 0. The van der Waals surface area contributed by atoms with Gasteiger partial charge in [-0.2, -0.15) is 5.32 Å². The van der Waals surface area contributed by atoms with Crippen molar-refractivity contribution in [3.63, 3.8) is 0 Å². The number of sulfone groups is 1. The Kier molecular flexibility index (Phi) is 3.31. The normalized spacial score (nSPS) is 11.0. The van der Waals surface area contributed by atoms with Crippen LogP contribution in [0.4, 0.5) is 10.5 Å². The molecule has 0 aliphatic carbocycles. The molecule has 1 rings (SSSR count). The maximum atomic E-state index is 11.4. The molecule has 0 aliphatic heterocycles. The van der Waals surface area contributed by atoms with Gasteiger partial charge in [-0.1, -0.05) is 6.92 Å². The first-order chi connectivity index (χ1) is 6.95. The fraction of sp³-hybridized carbons (Fsp3) is 0.222. The van der Waals surface area contributed by atoms with Gasteiger partial charge in [-0.3, -0.25) is 0 Å². The van der Waals surface area contributed by atoms with Gasteiger partial charge in [0.2, 0.25) is 0 Å². The van der Waals surface area contributed by atoms with Crippen molar-refractivity contribution in [2.24, 2.45) is 5.73 Å². The van der Waals surface area contributed by atoms with Crippen LogP contribution in [0.15, 0.2) is 29.2 Å². The van der Waals surface area contributed by atoms with Crippen LogP contribution in [0.25, 0.3) is 0 Å². The van der Waals surface area contributed by atoms with E-state index in [4.69, 9.17) is 5.73 Å². The van der Waals surface area contributed by atoms with Crippen LogP contribution >= 0.6 is 0 Å². The van der Waals surface area contributed by atoms with Gasteiger partial charge < -0.3 is 5.73 Å². The van der Waals surface area contributed by atoms with Gasteiger partial charge >= 0.3 is 6.03 Å². The highest BCUT2D eigenvalue weighted by molar-refractivity contribution is 7.91. The van der Waals surface area contributed by atoms with Crippen LogP contribution in [0.5, 0.6) is 0 Å². The fourth-order valence-corrected chi connectivity index (χ4v) is 1.91. The van der Waals surface area contributed by atoms with E-state index >= 15 is 0 Å². The molecule has 5 nitrogen and oxygen atoms in total. The molecule has 81 valence electrons. The Morgan fingerprint density at radius 3 is 2.27 bits per heavy atom. The van der Waals surface area contributed by atoms with Crippen LogP contribution in [-0.2, 0) is 9.84 Å². The molecule has 0 saturated heterocycles. The van der Waals surface area contributed by atoms with E-state index in [-0.39, 0.29) is 10.6 Å². The van der Waals surface area contributed by atoms with Gasteiger partial charge in [0.25, 0.3) is 0 Å². The number of hydrogen-bond acceptors (Lipinski definition) is 3. The lowest BCUT2D eigenvalue weighted by molar-refractivity contribution is 0.252. The number of nitrogens with two attached hydrogens (primary N) is 1. The zero-order valence-corrected chi connectivity index (χ0v) is 8.99. The quantitative estimate of drug-likeness (QED) is 0.827. The topological polar surface area (TPSA) is 91.3 Å². The van der Waals surface area contributed by atoms with Gasteiger partial charge in [0.1, 0.15) is 0 Å². The molecular weight excluding hydrogens is 216 g/mol. The summed E-state index contributed by atoms with van der Waals surface area (Å²) < 4.78 is 22.8. The highest BCUT2D eigenvalue weighted by Gasteiger charge is 2.11. The third-order valence-electron chi connectivity index (χ3n) is 1.82. The molecule has 0 spiro atoms. The Morgan fingerprint density at radius 2 is 1.87 bits per heavy atom. The number of carbonyl (C=O) groups is 1. The molecule has 0 aromatic heterocycles. The minimum absolute atomic E-state index is 0.0410. The second-order valence-electron chi connectivity index (χ2n) is 2.85. The van der Waals surface area contributed by atoms with Crippen molar-refractivity contribution >= 4 is 21.6 Å². The molecule has 15 heavy (non-hydrogen) atoms. The van der Waals surface area contributed by atoms with Crippen molar-refractivity contribution in [3.8, 4) is 0 Å². The largest absolute Gasteiger partial charge is 0.350 e. The Balaban J connectivity index is 2.95. The van der Waals surface area contributed by atoms with E-state index in [1.54, 1.807) is 6.92 Å². The fourth-order valence-electron chi connectivity index (χ4n) is 1.02. The first-order valence-electron chi connectivity index (χ1n) is 4.29. The summed E-state index contributed by atoms with van der Waals surface area (Å²) in [7, 11) is -3.20. The van der Waals surface area contributed by atoms with Gasteiger partial charge in [-0.05, 0) is 24.3 Å². The second kappa shape index (κ2) is 4.31. The molecule has 6 heteroatoms. The highest BCUT2D eigenvalue weighted by atomic mass is 32.2. The average Bonchev–Trinajstić information content (AvgIpc) is 2.18. The van der Waals surface area contributed by atoms with Gasteiger partial charge in [0, 0.05) is 0 Å². The summed E-state index contributed by atoms with van der Waals surface area (Å²) in [5.41, 5.74) is 5.20. The van der Waals surface area contributed by atoms with Gasteiger partial charge in [0.05, 0.1) is 16.3 Å². The van der Waals surface area contributed by atoms with Crippen molar-refractivity contribution in [1.29, 1.82) is 0 Å². The molecule has 1 aromatic carbocycles. The lowest BCUT2D eigenvalue weighted by Gasteiger charge is -2.02. The first-order valence-corrected chi connectivity index (χ1v) is 5.95. The van der Waals surface area contributed by atoms with Crippen molar-refractivity contribution in [2.45, 2.75) is 11.8 Å². The van der Waals surface area contributed by atoms with E-state index in [1.165, 1.54) is 24.3 Å². The summed E-state index contributed by atoms with van der Waals surface area (Å²) in [5.74, 6) is 0.0410. The summed E-state index contributed by atoms with van der Waals surface area (Å²) in [4.78, 5) is 10.7. The number of nitrogens with zero attached hydrogens (tertiary/aromatic N) is 1. The molecule has 0 aliphatic rings. The van der Waals surface area contributed by atoms with Crippen LogP contribution in [0.1, 0.15) is 6.92 Å². The minimum atomic E-state index is -3.20. The molecule has 2 amide bonds. The molecule has 0 saturated carbocycles. The summed E-state index contributed by atoms with van der Waals surface area (Å²) in [6, 6.07) is 4.88. The molecule has 1 radical (unpaired) electrons. The maximum absolute atomic E-state index is 11.4. The number of amides is 2. The molecule has 0 heterocycles. The van der Waals surface area contributed by atoms with Crippen molar-refractivity contribution in [3.05, 3.63) is 24.3 Å². The Labute approximate surface area is 88.2 Å². The first kappa shape index (κ1) is 11.5. The SMILES string of the molecule is CCS(=O)(=O)c1ccc([N]C(N)=O)cc1. The lowest BCUT2D eigenvalue weighted by atomic mass is 10.3. The predicted molar refractivity (Wildman–Crippen MR) is 55.5 cm³/mol. The van der Waals surface area contributed by atoms with E-state index in [0.29, 0.717) is 5.69 Å². The van der Waals surface area contributed by atoms with Gasteiger partial charge in [-0.15, -0.1) is 0 Å². The molecule has 0 fully saturated rings. The van der Waals surface area contributed by atoms with Crippen LogP contribution in [0, 0.1) is 0 Å². The Hall–Kier alpha value is -1.56. The number of urea groups is 1. The highest BCUT2D eigenvalue weighted by Crippen LogP contribution is 2.15. The number of carbonyl (C=O) groups excluding carboxylic acids is 1. The summed E-state index contributed by atoms with van der Waals surface area (Å²) in [5, 5.41) is 3.45. The third-order valence-corrected chi connectivity index (χ3v) is 3.57. The van der Waals surface area contributed by atoms with E-state index in [0.717, 1.165) is 0 Å². The number of hydrogen-bond donors (Lipinski definition) is 1. The molecule has 1 aromatic rings. The number of rotatable bonds is 3. The smallest absolute Gasteiger partial charge is 0.338 e. The minimum Gasteiger partial charge on any atom is -0.350 e. The van der Waals surface area contributed by atoms with Crippen molar-refractivity contribution in [2.75, 3.05) is 5.75 Å². The van der Waals surface area contributed by atoms with E-state index < -0.39 is 15.9 Å². The van der Waals surface area contributed by atoms with E-state index in [2.05, 4.69) is 5.32 Å². The molecular formula is C9H11N2O3S.